The Morgan fingerprint density at radius 3 is 2.67 bits per heavy atom. The van der Waals surface area contributed by atoms with Gasteiger partial charge in [-0.1, -0.05) is 26.2 Å². The molecule has 0 spiro atoms. The Morgan fingerprint density at radius 2 is 2.13 bits per heavy atom. The molecule has 0 saturated heterocycles. The molecule has 0 aliphatic heterocycles. The van der Waals surface area contributed by atoms with Crippen LogP contribution in [0, 0.1) is 0 Å². The predicted octanol–water partition coefficient (Wildman–Crippen LogP) is 2.33. The van der Waals surface area contributed by atoms with Gasteiger partial charge in [0.25, 0.3) is 0 Å². The van der Waals surface area contributed by atoms with Gasteiger partial charge in [-0.15, -0.1) is 0 Å². The maximum atomic E-state index is 10.7. The molecule has 82 valence electrons. The van der Waals surface area contributed by atoms with Gasteiger partial charge in [-0.3, -0.25) is 0 Å². The van der Waals surface area contributed by atoms with Crippen LogP contribution in [0.15, 0.2) is 6.20 Å². The van der Waals surface area contributed by atoms with Crippen molar-refractivity contribution in [3.05, 3.63) is 17.7 Å². The van der Waals surface area contributed by atoms with Crippen molar-refractivity contribution < 1.29 is 9.90 Å². The number of hydrogen-bond donors (Lipinski definition) is 2. The molecule has 1 aromatic rings. The second-order valence-electron chi connectivity index (χ2n) is 4.57. The van der Waals surface area contributed by atoms with Crippen LogP contribution in [0.3, 0.4) is 0 Å². The lowest BCUT2D eigenvalue weighted by Crippen LogP contribution is -2.25. The molecule has 15 heavy (non-hydrogen) atoms. The van der Waals surface area contributed by atoms with Gasteiger partial charge in [-0.2, -0.15) is 0 Å². The molecule has 4 nitrogen and oxygen atoms in total. The lowest BCUT2D eigenvalue weighted by atomic mass is 9.74. The van der Waals surface area contributed by atoms with Gasteiger partial charge in [-0.25, -0.2) is 9.78 Å². The van der Waals surface area contributed by atoms with E-state index in [2.05, 4.69) is 16.9 Å². The van der Waals surface area contributed by atoms with Gasteiger partial charge in [0.2, 0.25) is 5.82 Å². The maximum Gasteiger partial charge on any atom is 0.371 e. The summed E-state index contributed by atoms with van der Waals surface area (Å²) in [6.07, 6.45) is 7.64. The zero-order valence-electron chi connectivity index (χ0n) is 8.92. The standard InChI is InChI=1S/C11H16N2O2/c1-11(5-3-2-4-6-11)8-7-12-9(13-8)10(14)15/h7H,2-6H2,1H3,(H,12,13)(H,14,15). The number of H-pyrrole nitrogens is 1. The van der Waals surface area contributed by atoms with E-state index in [0.717, 1.165) is 18.5 Å². The molecule has 0 amide bonds. The molecule has 1 aliphatic carbocycles. The quantitative estimate of drug-likeness (QED) is 0.783. The van der Waals surface area contributed by atoms with E-state index in [-0.39, 0.29) is 11.2 Å². The summed E-state index contributed by atoms with van der Waals surface area (Å²) < 4.78 is 0. The fourth-order valence-corrected chi connectivity index (χ4v) is 2.34. The van der Waals surface area contributed by atoms with E-state index < -0.39 is 5.97 Å². The Labute approximate surface area is 88.7 Å². The van der Waals surface area contributed by atoms with E-state index in [1.165, 1.54) is 19.3 Å². The molecule has 2 rings (SSSR count). The van der Waals surface area contributed by atoms with Crippen LogP contribution >= 0.6 is 0 Å². The van der Waals surface area contributed by atoms with E-state index in [1.807, 2.05) is 0 Å². The Hall–Kier alpha value is -1.32. The van der Waals surface area contributed by atoms with Crippen molar-refractivity contribution in [2.24, 2.45) is 0 Å². The highest BCUT2D eigenvalue weighted by Crippen LogP contribution is 2.37. The Morgan fingerprint density at radius 1 is 1.47 bits per heavy atom. The number of rotatable bonds is 2. The summed E-state index contributed by atoms with van der Waals surface area (Å²) in [6, 6.07) is 0. The second-order valence-corrected chi connectivity index (χ2v) is 4.57. The molecule has 0 aromatic carbocycles. The third kappa shape index (κ3) is 1.89. The van der Waals surface area contributed by atoms with Crippen molar-refractivity contribution in [1.82, 2.24) is 9.97 Å². The fourth-order valence-electron chi connectivity index (χ4n) is 2.34. The molecule has 1 saturated carbocycles. The number of carbonyl (C=O) groups is 1. The monoisotopic (exact) mass is 208 g/mol. The topological polar surface area (TPSA) is 66.0 Å². The zero-order chi connectivity index (χ0) is 10.9. The van der Waals surface area contributed by atoms with Crippen molar-refractivity contribution >= 4 is 5.97 Å². The van der Waals surface area contributed by atoms with Gasteiger partial charge in [0.15, 0.2) is 0 Å². The zero-order valence-corrected chi connectivity index (χ0v) is 8.92. The van der Waals surface area contributed by atoms with Crippen LogP contribution in [0.4, 0.5) is 0 Å². The van der Waals surface area contributed by atoms with Crippen molar-refractivity contribution in [2.75, 3.05) is 0 Å². The number of carboxylic acid groups (broad SMARTS) is 1. The number of hydrogen-bond acceptors (Lipinski definition) is 2. The summed E-state index contributed by atoms with van der Waals surface area (Å²) in [5, 5.41) is 8.79. The molecule has 4 heteroatoms. The number of nitrogens with one attached hydrogen (secondary N) is 1. The highest BCUT2D eigenvalue weighted by Gasteiger charge is 2.30. The molecule has 0 unspecified atom stereocenters. The first-order valence-corrected chi connectivity index (χ1v) is 5.41. The number of imidazole rings is 1. The second kappa shape index (κ2) is 3.68. The van der Waals surface area contributed by atoms with Gasteiger partial charge in [-0.05, 0) is 12.8 Å². The summed E-state index contributed by atoms with van der Waals surface area (Å²) in [4.78, 5) is 17.5. The Bertz CT molecular complexity index is 364. The SMILES string of the molecule is CC1(c2cnc(C(=O)O)[nH]2)CCCCC1. The molecule has 0 radical (unpaired) electrons. The van der Waals surface area contributed by atoms with Crippen molar-refractivity contribution in [3.8, 4) is 0 Å². The van der Waals surface area contributed by atoms with Gasteiger partial charge in [0.1, 0.15) is 0 Å². The summed E-state index contributed by atoms with van der Waals surface area (Å²) in [5.41, 5.74) is 1.07. The highest BCUT2D eigenvalue weighted by atomic mass is 16.4. The minimum Gasteiger partial charge on any atom is -0.475 e. The molecule has 0 atom stereocenters. The molecule has 1 heterocycles. The average Bonchev–Trinajstić information content (AvgIpc) is 2.68. The maximum absolute atomic E-state index is 10.7. The van der Waals surface area contributed by atoms with Gasteiger partial charge >= 0.3 is 5.97 Å². The van der Waals surface area contributed by atoms with Crippen LogP contribution in [-0.2, 0) is 5.41 Å². The van der Waals surface area contributed by atoms with Crippen LogP contribution < -0.4 is 0 Å². The molecule has 1 aliphatic rings. The summed E-state index contributed by atoms with van der Waals surface area (Å²) in [6.45, 7) is 2.19. The first kappa shape index (κ1) is 10.2. The van der Waals surface area contributed by atoms with E-state index in [9.17, 15) is 4.79 Å². The van der Waals surface area contributed by atoms with Crippen LogP contribution in [-0.4, -0.2) is 21.0 Å². The summed E-state index contributed by atoms with van der Waals surface area (Å²) in [7, 11) is 0. The van der Waals surface area contributed by atoms with Crippen molar-refractivity contribution in [1.29, 1.82) is 0 Å². The largest absolute Gasteiger partial charge is 0.475 e. The average molecular weight is 208 g/mol. The van der Waals surface area contributed by atoms with Crippen LogP contribution in [0.5, 0.6) is 0 Å². The number of nitrogens with zero attached hydrogens (tertiary/aromatic N) is 1. The van der Waals surface area contributed by atoms with Crippen molar-refractivity contribution in [2.45, 2.75) is 44.4 Å². The van der Waals surface area contributed by atoms with Crippen LogP contribution in [0.25, 0.3) is 0 Å². The normalized spacial score (nSPS) is 20.1. The van der Waals surface area contributed by atoms with Crippen molar-refractivity contribution in [3.63, 3.8) is 0 Å². The third-order valence-corrected chi connectivity index (χ3v) is 3.39. The predicted molar refractivity (Wildman–Crippen MR) is 56.0 cm³/mol. The first-order chi connectivity index (χ1) is 7.12. The first-order valence-electron chi connectivity index (χ1n) is 5.41. The molecule has 2 N–H and O–H groups in total. The van der Waals surface area contributed by atoms with E-state index >= 15 is 0 Å². The lowest BCUT2D eigenvalue weighted by molar-refractivity contribution is 0.0684. The van der Waals surface area contributed by atoms with E-state index in [4.69, 9.17) is 5.11 Å². The number of aromatic nitrogens is 2. The minimum absolute atomic E-state index is 0.0526. The Kier molecular flexibility index (Phi) is 2.50. The van der Waals surface area contributed by atoms with Gasteiger partial charge < -0.3 is 10.1 Å². The lowest BCUT2D eigenvalue weighted by Gasteiger charge is -2.32. The van der Waals surface area contributed by atoms with Gasteiger partial charge in [0, 0.05) is 17.3 Å². The molecular weight excluding hydrogens is 192 g/mol. The fraction of sp³-hybridized carbons (Fsp3) is 0.636. The smallest absolute Gasteiger partial charge is 0.371 e. The molecule has 0 bridgehead atoms. The third-order valence-electron chi connectivity index (χ3n) is 3.39. The number of aromatic amines is 1. The molecule has 1 fully saturated rings. The highest BCUT2D eigenvalue weighted by molar-refractivity contribution is 5.83. The van der Waals surface area contributed by atoms with E-state index in [1.54, 1.807) is 6.20 Å². The van der Waals surface area contributed by atoms with Gasteiger partial charge in [0.05, 0.1) is 0 Å². The molecular formula is C11H16N2O2. The number of aromatic carboxylic acids is 1. The van der Waals surface area contributed by atoms with Crippen LogP contribution in [0.2, 0.25) is 0 Å². The number of carboxylic acids is 1. The Balaban J connectivity index is 2.23. The summed E-state index contributed by atoms with van der Waals surface area (Å²) in [5.74, 6) is -0.933. The van der Waals surface area contributed by atoms with Crippen LogP contribution in [0.1, 0.15) is 55.3 Å². The summed E-state index contributed by atoms with van der Waals surface area (Å²) >= 11 is 0. The molecule has 1 aromatic heterocycles. The minimum atomic E-state index is -0.986. The van der Waals surface area contributed by atoms with E-state index in [0.29, 0.717) is 0 Å².